The fourth-order valence-electron chi connectivity index (χ4n) is 2.65. The zero-order valence-electron chi connectivity index (χ0n) is 15.8. The minimum atomic E-state index is -3.75. The molecule has 3 aromatic rings. The van der Waals surface area contributed by atoms with Crippen molar-refractivity contribution < 1.29 is 13.2 Å². The van der Waals surface area contributed by atoms with Crippen LogP contribution in [0.4, 0.5) is 5.69 Å². The van der Waals surface area contributed by atoms with Gasteiger partial charge in [-0.2, -0.15) is 5.10 Å². The number of hydrogen-bond acceptors (Lipinski definition) is 4. The van der Waals surface area contributed by atoms with Gasteiger partial charge in [0.2, 0.25) is 0 Å². The van der Waals surface area contributed by atoms with Gasteiger partial charge >= 0.3 is 0 Å². The number of carbonyl (C=O) groups excluding carboxylic acids is 1. The number of aromatic nitrogens is 2. The molecule has 9 heteroatoms. The summed E-state index contributed by atoms with van der Waals surface area (Å²) in [5.74, 6) is -0.253. The van der Waals surface area contributed by atoms with Gasteiger partial charge in [-0.15, -0.1) is 0 Å². The van der Waals surface area contributed by atoms with E-state index >= 15 is 0 Å². The summed E-state index contributed by atoms with van der Waals surface area (Å²) in [7, 11) is -3.75. The summed E-state index contributed by atoms with van der Waals surface area (Å²) < 4.78 is 29.2. The number of benzene rings is 2. The van der Waals surface area contributed by atoms with Gasteiger partial charge in [0, 0.05) is 35.6 Å². The largest absolute Gasteiger partial charge is 0.352 e. The Bertz CT molecular complexity index is 1080. The van der Waals surface area contributed by atoms with E-state index in [1.165, 1.54) is 24.3 Å². The first kappa shape index (κ1) is 20.9. The van der Waals surface area contributed by atoms with Crippen LogP contribution in [0.1, 0.15) is 22.3 Å². The molecule has 0 aliphatic heterocycles. The van der Waals surface area contributed by atoms with Crippen molar-refractivity contribution in [2.45, 2.75) is 24.8 Å². The number of nitrogens with one attached hydrogen (secondary N) is 2. The fraction of sp³-hybridized carbons (Fsp3) is 0.200. The van der Waals surface area contributed by atoms with Gasteiger partial charge in [-0.3, -0.25) is 14.2 Å². The average molecular weight is 433 g/mol. The van der Waals surface area contributed by atoms with Crippen molar-refractivity contribution >= 4 is 33.2 Å². The highest BCUT2D eigenvalue weighted by molar-refractivity contribution is 7.92. The number of hydrogen-bond donors (Lipinski definition) is 2. The van der Waals surface area contributed by atoms with Crippen LogP contribution in [-0.2, 0) is 16.6 Å². The number of aryl methyl sites for hydroxylation is 2. The van der Waals surface area contributed by atoms with E-state index in [4.69, 9.17) is 11.6 Å². The maximum Gasteiger partial charge on any atom is 0.261 e. The minimum absolute atomic E-state index is 0.0676. The molecule has 0 saturated heterocycles. The first-order chi connectivity index (χ1) is 13.8. The van der Waals surface area contributed by atoms with E-state index in [2.05, 4.69) is 15.1 Å². The van der Waals surface area contributed by atoms with Gasteiger partial charge in [0.1, 0.15) is 0 Å². The van der Waals surface area contributed by atoms with Crippen molar-refractivity contribution in [3.05, 3.63) is 77.1 Å². The van der Waals surface area contributed by atoms with Gasteiger partial charge in [0.05, 0.1) is 11.1 Å². The second kappa shape index (κ2) is 9.11. The molecule has 1 amide bonds. The van der Waals surface area contributed by atoms with Crippen LogP contribution in [0, 0.1) is 6.92 Å². The van der Waals surface area contributed by atoms with Gasteiger partial charge in [0.15, 0.2) is 0 Å². The summed E-state index contributed by atoms with van der Waals surface area (Å²) in [6, 6.07) is 12.1. The van der Waals surface area contributed by atoms with Gasteiger partial charge in [-0.05, 0) is 67.4 Å². The van der Waals surface area contributed by atoms with Crippen molar-refractivity contribution in [1.82, 2.24) is 15.1 Å². The molecule has 0 fully saturated rings. The quantitative estimate of drug-likeness (QED) is 0.533. The van der Waals surface area contributed by atoms with Gasteiger partial charge < -0.3 is 5.32 Å². The molecule has 0 atom stereocenters. The lowest BCUT2D eigenvalue weighted by Crippen LogP contribution is -2.25. The van der Waals surface area contributed by atoms with Gasteiger partial charge in [-0.25, -0.2) is 8.42 Å². The van der Waals surface area contributed by atoms with Crippen molar-refractivity contribution in [2.24, 2.45) is 0 Å². The fourth-order valence-corrected chi connectivity index (χ4v) is 3.84. The first-order valence-electron chi connectivity index (χ1n) is 8.99. The minimum Gasteiger partial charge on any atom is -0.352 e. The van der Waals surface area contributed by atoms with Crippen LogP contribution in [0.5, 0.6) is 0 Å². The molecule has 29 heavy (non-hydrogen) atoms. The molecule has 0 aliphatic rings. The van der Waals surface area contributed by atoms with Crippen LogP contribution in [-0.4, -0.2) is 30.7 Å². The summed E-state index contributed by atoms with van der Waals surface area (Å²) in [4.78, 5) is 12.3. The van der Waals surface area contributed by atoms with E-state index in [0.29, 0.717) is 29.4 Å². The summed E-state index contributed by atoms with van der Waals surface area (Å²) in [6.07, 6.45) is 4.47. The SMILES string of the molecule is Cc1cnn(CCCNC(=O)c2ccc(S(=O)(=O)Nc3ccc(Cl)cc3)cc2)c1. The lowest BCUT2D eigenvalue weighted by Gasteiger charge is -2.09. The van der Waals surface area contributed by atoms with Crippen molar-refractivity contribution in [1.29, 1.82) is 0 Å². The molecule has 1 aromatic heterocycles. The molecule has 2 N–H and O–H groups in total. The monoisotopic (exact) mass is 432 g/mol. The molecule has 1 heterocycles. The normalized spacial score (nSPS) is 11.2. The standard InChI is InChI=1S/C20H21ClN4O3S/c1-15-13-23-25(14-15)12-2-11-22-20(26)16-3-9-19(10-4-16)29(27,28)24-18-7-5-17(21)6-8-18/h3-10,13-14,24H,2,11-12H2,1H3,(H,22,26). The molecule has 0 spiro atoms. The van der Waals surface area contributed by atoms with Crippen molar-refractivity contribution in [3.63, 3.8) is 0 Å². The number of rotatable bonds is 8. The number of nitrogens with zero attached hydrogens (tertiary/aromatic N) is 2. The topological polar surface area (TPSA) is 93.1 Å². The molecule has 0 bridgehead atoms. The predicted octanol–water partition coefficient (Wildman–Crippen LogP) is 3.47. The van der Waals surface area contributed by atoms with Crippen LogP contribution in [0.15, 0.2) is 65.8 Å². The van der Waals surface area contributed by atoms with Gasteiger partial charge in [-0.1, -0.05) is 11.6 Å². The summed E-state index contributed by atoms with van der Waals surface area (Å²) in [5.41, 5.74) is 1.89. The van der Waals surface area contributed by atoms with Crippen molar-refractivity contribution in [3.8, 4) is 0 Å². The molecule has 2 aromatic carbocycles. The van der Waals surface area contributed by atoms with Crippen LogP contribution in [0.3, 0.4) is 0 Å². The molecular weight excluding hydrogens is 412 g/mol. The Labute approximate surface area is 174 Å². The van der Waals surface area contributed by atoms with Crippen LogP contribution < -0.4 is 10.0 Å². The van der Waals surface area contributed by atoms with Crippen LogP contribution in [0.25, 0.3) is 0 Å². The van der Waals surface area contributed by atoms with Gasteiger partial charge in [0.25, 0.3) is 15.9 Å². The Morgan fingerprint density at radius 2 is 1.79 bits per heavy atom. The third-order valence-corrected chi connectivity index (χ3v) is 5.78. The zero-order chi connectivity index (χ0) is 20.9. The highest BCUT2D eigenvalue weighted by atomic mass is 35.5. The number of anilines is 1. The molecule has 0 aliphatic carbocycles. The number of sulfonamides is 1. The number of halogens is 1. The molecule has 7 nitrogen and oxygen atoms in total. The smallest absolute Gasteiger partial charge is 0.261 e. The molecule has 0 saturated carbocycles. The summed E-state index contributed by atoms with van der Waals surface area (Å²) in [6.45, 7) is 3.18. The summed E-state index contributed by atoms with van der Waals surface area (Å²) in [5, 5.41) is 7.53. The molecular formula is C20H21ClN4O3S. The Morgan fingerprint density at radius 3 is 2.41 bits per heavy atom. The Balaban J connectivity index is 1.54. The van der Waals surface area contributed by atoms with Crippen LogP contribution in [0.2, 0.25) is 5.02 Å². The van der Waals surface area contributed by atoms with Crippen molar-refractivity contribution in [2.75, 3.05) is 11.3 Å². The second-order valence-electron chi connectivity index (χ2n) is 6.53. The lowest BCUT2D eigenvalue weighted by atomic mass is 10.2. The van der Waals surface area contributed by atoms with E-state index in [1.54, 1.807) is 30.5 Å². The summed E-state index contributed by atoms with van der Waals surface area (Å²) >= 11 is 5.81. The molecule has 3 rings (SSSR count). The Morgan fingerprint density at radius 1 is 1.10 bits per heavy atom. The van der Waals surface area contributed by atoms with E-state index in [1.807, 2.05) is 17.8 Å². The average Bonchev–Trinajstić information content (AvgIpc) is 3.12. The van der Waals surface area contributed by atoms with E-state index in [-0.39, 0.29) is 10.8 Å². The highest BCUT2D eigenvalue weighted by Gasteiger charge is 2.15. The third-order valence-electron chi connectivity index (χ3n) is 4.14. The second-order valence-corrected chi connectivity index (χ2v) is 8.65. The first-order valence-corrected chi connectivity index (χ1v) is 10.9. The highest BCUT2D eigenvalue weighted by Crippen LogP contribution is 2.18. The third kappa shape index (κ3) is 5.82. The van der Waals surface area contributed by atoms with E-state index in [9.17, 15) is 13.2 Å². The molecule has 0 unspecified atom stereocenters. The lowest BCUT2D eigenvalue weighted by molar-refractivity contribution is 0.0952. The van der Waals surface area contributed by atoms with E-state index < -0.39 is 10.0 Å². The molecule has 152 valence electrons. The molecule has 0 radical (unpaired) electrons. The Hall–Kier alpha value is -2.84. The zero-order valence-corrected chi connectivity index (χ0v) is 17.4. The number of amides is 1. The Kier molecular flexibility index (Phi) is 6.56. The van der Waals surface area contributed by atoms with E-state index in [0.717, 1.165) is 12.0 Å². The van der Waals surface area contributed by atoms with Crippen LogP contribution >= 0.6 is 11.6 Å². The number of carbonyl (C=O) groups is 1. The maximum absolute atomic E-state index is 12.5. The predicted molar refractivity (Wildman–Crippen MR) is 113 cm³/mol. The maximum atomic E-state index is 12.5.